The number of hydrogen-bond donors (Lipinski definition) is 4. The fourth-order valence-corrected chi connectivity index (χ4v) is 6.46. The minimum Gasteiger partial charge on any atom is -0.328 e. The van der Waals surface area contributed by atoms with Crippen LogP contribution >= 0.6 is 0 Å². The third-order valence-electron chi connectivity index (χ3n) is 5.84. The van der Waals surface area contributed by atoms with Crippen LogP contribution in [0.3, 0.4) is 0 Å². The van der Waals surface area contributed by atoms with Crippen LogP contribution in [0.15, 0.2) is 0 Å². The first-order chi connectivity index (χ1) is 15.3. The lowest BCUT2D eigenvalue weighted by atomic mass is 10.1. The first kappa shape index (κ1) is 32.7. The molecule has 4 atom stereocenters. The molecule has 0 aromatic carbocycles. The highest BCUT2D eigenvalue weighted by Gasteiger charge is 2.40. The van der Waals surface area contributed by atoms with Crippen molar-refractivity contribution >= 4 is 20.2 Å². The van der Waals surface area contributed by atoms with Gasteiger partial charge in [-0.15, -0.1) is 0 Å². The lowest BCUT2D eigenvalue weighted by molar-refractivity contribution is 0.179. The van der Waals surface area contributed by atoms with Crippen molar-refractivity contribution in [1.82, 2.24) is 4.90 Å². The van der Waals surface area contributed by atoms with Gasteiger partial charge < -0.3 is 11.5 Å². The zero-order chi connectivity index (χ0) is 25.5. The van der Waals surface area contributed by atoms with Gasteiger partial charge in [0.25, 0.3) is 20.2 Å². The molecule has 0 aromatic heterocycles. The minimum absolute atomic E-state index is 0.0891. The highest BCUT2D eigenvalue weighted by molar-refractivity contribution is 7.87. The van der Waals surface area contributed by atoms with Crippen LogP contribution in [0.2, 0.25) is 0 Å². The second-order valence-electron chi connectivity index (χ2n) is 9.49. The number of unbranched alkanes of at least 4 members (excludes halogenated alkanes) is 11. The van der Waals surface area contributed by atoms with E-state index in [1.807, 2.05) is 0 Å². The molecule has 6 N–H and O–H groups in total. The maximum absolute atomic E-state index is 12.1. The van der Waals surface area contributed by atoms with Crippen molar-refractivity contribution in [2.24, 2.45) is 11.5 Å². The molecular weight excluding hydrogens is 466 g/mol. The van der Waals surface area contributed by atoms with Crippen LogP contribution in [-0.4, -0.2) is 60.2 Å². The Morgan fingerprint density at radius 2 is 0.939 bits per heavy atom. The van der Waals surface area contributed by atoms with Crippen LogP contribution in [0.4, 0.5) is 0 Å². The van der Waals surface area contributed by atoms with Gasteiger partial charge in [-0.25, -0.2) is 0 Å². The molecule has 0 saturated heterocycles. The van der Waals surface area contributed by atoms with Gasteiger partial charge in [-0.2, -0.15) is 16.8 Å². The first-order valence-corrected chi connectivity index (χ1v) is 15.5. The molecule has 0 heterocycles. The van der Waals surface area contributed by atoms with Crippen LogP contribution in [0.1, 0.15) is 111 Å². The Balaban J connectivity index is 4.89. The Hall–Kier alpha value is -0.300. The van der Waals surface area contributed by atoms with Gasteiger partial charge in [0.2, 0.25) is 0 Å². The Labute approximate surface area is 202 Å². The molecule has 0 rings (SSSR count). The molecule has 33 heavy (non-hydrogen) atoms. The van der Waals surface area contributed by atoms with E-state index in [1.165, 1.54) is 44.9 Å². The molecule has 0 radical (unpaired) electrons. The fourth-order valence-electron chi connectivity index (χ4n) is 4.10. The maximum atomic E-state index is 12.1. The first-order valence-electron chi connectivity index (χ1n) is 12.5. The van der Waals surface area contributed by atoms with Gasteiger partial charge in [-0.1, -0.05) is 77.6 Å². The summed E-state index contributed by atoms with van der Waals surface area (Å²) in [7, 11) is -9.27. The molecule has 0 fully saturated rings. The standard InChI is InChI=1S/C22H49N3O6S2/c1-4-5-6-7-8-9-10-11-12-13-14-15-16-25(21(17-19(2)23)32(26,27)28)22(18-20(3)24)33(29,30)31/h19-22H,4-18,23-24H2,1-3H3,(H,26,27,28)(H,29,30,31). The van der Waals surface area contributed by atoms with E-state index in [0.717, 1.165) is 30.6 Å². The molecule has 0 amide bonds. The van der Waals surface area contributed by atoms with Crippen molar-refractivity contribution < 1.29 is 25.9 Å². The second-order valence-corrected chi connectivity index (χ2v) is 12.6. The summed E-state index contributed by atoms with van der Waals surface area (Å²) in [6.07, 6.45) is 13.1. The van der Waals surface area contributed by atoms with Gasteiger partial charge in [-0.05, 0) is 33.1 Å². The SMILES string of the molecule is CCCCCCCCCCCCCCN(C(CC(C)N)S(=O)(=O)O)C(CC(C)N)S(=O)(=O)O. The summed E-state index contributed by atoms with van der Waals surface area (Å²) in [4.78, 5) is 1.15. The molecule has 0 saturated carbocycles. The van der Waals surface area contributed by atoms with Crippen molar-refractivity contribution in [2.45, 2.75) is 133 Å². The highest BCUT2D eigenvalue weighted by Crippen LogP contribution is 2.23. The second kappa shape index (κ2) is 17.2. The maximum Gasteiger partial charge on any atom is 0.281 e. The van der Waals surface area contributed by atoms with Crippen molar-refractivity contribution in [3.8, 4) is 0 Å². The molecule has 200 valence electrons. The summed E-state index contributed by atoms with van der Waals surface area (Å²) in [6.45, 7) is 5.45. The summed E-state index contributed by atoms with van der Waals surface area (Å²) >= 11 is 0. The summed E-state index contributed by atoms with van der Waals surface area (Å²) in [6, 6.07) is -1.20. The van der Waals surface area contributed by atoms with Gasteiger partial charge in [0.05, 0.1) is 0 Å². The number of rotatable bonds is 21. The average molecular weight is 516 g/mol. The van der Waals surface area contributed by atoms with Crippen LogP contribution in [-0.2, 0) is 20.2 Å². The third-order valence-corrected chi connectivity index (χ3v) is 8.15. The predicted octanol–water partition coefficient (Wildman–Crippen LogP) is 3.89. The highest BCUT2D eigenvalue weighted by atomic mass is 32.2. The lowest BCUT2D eigenvalue weighted by Gasteiger charge is -2.36. The van der Waals surface area contributed by atoms with Crippen LogP contribution < -0.4 is 11.5 Å². The molecular formula is C22H49N3O6S2. The van der Waals surface area contributed by atoms with E-state index in [2.05, 4.69) is 6.92 Å². The smallest absolute Gasteiger partial charge is 0.281 e. The van der Waals surface area contributed by atoms with E-state index >= 15 is 0 Å². The Morgan fingerprint density at radius 1 is 0.636 bits per heavy atom. The van der Waals surface area contributed by atoms with Gasteiger partial charge in [0.1, 0.15) is 10.7 Å². The van der Waals surface area contributed by atoms with E-state index < -0.39 is 43.1 Å². The van der Waals surface area contributed by atoms with Crippen molar-refractivity contribution in [1.29, 1.82) is 0 Å². The molecule has 0 bridgehead atoms. The molecule has 4 unspecified atom stereocenters. The third kappa shape index (κ3) is 16.1. The number of hydrogen-bond acceptors (Lipinski definition) is 7. The Morgan fingerprint density at radius 3 is 1.21 bits per heavy atom. The topological polar surface area (TPSA) is 164 Å². The van der Waals surface area contributed by atoms with E-state index in [1.54, 1.807) is 13.8 Å². The quantitative estimate of drug-likeness (QED) is 0.131. The van der Waals surface area contributed by atoms with Gasteiger partial charge >= 0.3 is 0 Å². The summed E-state index contributed by atoms with van der Waals surface area (Å²) in [5.41, 5.74) is 11.5. The molecule has 0 aromatic rings. The van der Waals surface area contributed by atoms with Gasteiger partial charge in [0.15, 0.2) is 0 Å². The van der Waals surface area contributed by atoms with Gasteiger partial charge in [-0.3, -0.25) is 14.0 Å². The van der Waals surface area contributed by atoms with Crippen molar-refractivity contribution in [3.05, 3.63) is 0 Å². The molecule has 0 aliphatic carbocycles. The minimum atomic E-state index is -4.64. The van der Waals surface area contributed by atoms with E-state index in [-0.39, 0.29) is 19.4 Å². The van der Waals surface area contributed by atoms with Crippen LogP contribution in [0, 0.1) is 0 Å². The largest absolute Gasteiger partial charge is 0.328 e. The molecule has 0 aliphatic heterocycles. The zero-order valence-corrected chi connectivity index (χ0v) is 22.5. The molecule has 11 heteroatoms. The molecule has 0 spiro atoms. The van der Waals surface area contributed by atoms with Gasteiger partial charge in [0, 0.05) is 18.6 Å². The van der Waals surface area contributed by atoms with E-state index in [4.69, 9.17) is 11.5 Å². The zero-order valence-electron chi connectivity index (χ0n) is 20.9. The Bertz CT molecular complexity index is 653. The molecule has 9 nitrogen and oxygen atoms in total. The summed E-state index contributed by atoms with van der Waals surface area (Å²) < 4.78 is 68.0. The average Bonchev–Trinajstić information content (AvgIpc) is 2.67. The summed E-state index contributed by atoms with van der Waals surface area (Å²) in [5, 5.41) is -3.06. The fraction of sp³-hybridized carbons (Fsp3) is 1.00. The van der Waals surface area contributed by atoms with E-state index in [0.29, 0.717) is 6.42 Å². The van der Waals surface area contributed by atoms with Crippen molar-refractivity contribution in [2.75, 3.05) is 6.54 Å². The Kier molecular flexibility index (Phi) is 17.0. The lowest BCUT2D eigenvalue weighted by Crippen LogP contribution is -2.53. The number of nitrogens with two attached hydrogens (primary N) is 2. The molecule has 0 aliphatic rings. The monoisotopic (exact) mass is 515 g/mol. The van der Waals surface area contributed by atoms with Crippen LogP contribution in [0.25, 0.3) is 0 Å². The number of nitrogens with zero attached hydrogens (tertiary/aromatic N) is 1. The summed E-state index contributed by atoms with van der Waals surface area (Å²) in [5.74, 6) is 0. The van der Waals surface area contributed by atoms with Crippen LogP contribution in [0.5, 0.6) is 0 Å². The predicted molar refractivity (Wildman–Crippen MR) is 135 cm³/mol. The normalized spacial score (nSPS) is 16.6. The van der Waals surface area contributed by atoms with Crippen molar-refractivity contribution in [3.63, 3.8) is 0 Å². The van der Waals surface area contributed by atoms with E-state index in [9.17, 15) is 25.9 Å².